The number of aromatic nitrogens is 5. The monoisotopic (exact) mass is 442 g/mol. The van der Waals surface area contributed by atoms with Crippen molar-refractivity contribution in [3.05, 3.63) is 89.5 Å². The average Bonchev–Trinajstić information content (AvgIpc) is 3.33. The van der Waals surface area contributed by atoms with Crippen molar-refractivity contribution in [3.63, 3.8) is 0 Å². The lowest BCUT2D eigenvalue weighted by molar-refractivity contribution is 0.0950. The number of carbonyl (C=O) groups excluding carboxylic acids is 1. The maximum absolute atomic E-state index is 13.1. The number of rotatable bonds is 7. The van der Waals surface area contributed by atoms with Crippen LogP contribution in [0.1, 0.15) is 46.2 Å². The van der Waals surface area contributed by atoms with E-state index in [1.165, 1.54) is 11.9 Å². The molecule has 0 fully saturated rings. The van der Waals surface area contributed by atoms with Gasteiger partial charge in [-0.05, 0) is 50.1 Å². The van der Waals surface area contributed by atoms with Crippen molar-refractivity contribution in [3.8, 4) is 16.8 Å². The van der Waals surface area contributed by atoms with Gasteiger partial charge in [0, 0.05) is 18.9 Å². The molecule has 4 aromatic rings. The minimum absolute atomic E-state index is 0.214. The van der Waals surface area contributed by atoms with Gasteiger partial charge in [-0.25, -0.2) is 9.67 Å². The highest BCUT2D eigenvalue weighted by Gasteiger charge is 2.17. The summed E-state index contributed by atoms with van der Waals surface area (Å²) in [6, 6.07) is 13.8. The molecule has 4 rings (SSSR count). The third-order valence-electron chi connectivity index (χ3n) is 5.37. The Hall–Kier alpha value is -3.91. The maximum Gasteiger partial charge on any atom is 0.251 e. The SMILES string of the molecule is COC(C)c1ncnn1-c1cc(C(=O)NCc2cnc(C)cn2)cc(-c2ccc(C)cc2)c1. The van der Waals surface area contributed by atoms with E-state index >= 15 is 0 Å². The van der Waals surface area contributed by atoms with Gasteiger partial charge in [0.05, 0.1) is 29.8 Å². The van der Waals surface area contributed by atoms with Gasteiger partial charge in [-0.2, -0.15) is 5.10 Å². The number of methoxy groups -OCH3 is 1. The molecule has 1 N–H and O–H groups in total. The van der Waals surface area contributed by atoms with E-state index in [1.807, 2.05) is 57.2 Å². The fraction of sp³-hybridized carbons (Fsp3) is 0.240. The average molecular weight is 443 g/mol. The van der Waals surface area contributed by atoms with Crippen LogP contribution in [0.4, 0.5) is 0 Å². The topological polar surface area (TPSA) is 94.8 Å². The second kappa shape index (κ2) is 9.70. The first kappa shape index (κ1) is 22.3. The Balaban J connectivity index is 1.71. The van der Waals surface area contributed by atoms with Crippen molar-refractivity contribution in [2.75, 3.05) is 7.11 Å². The van der Waals surface area contributed by atoms with Gasteiger partial charge in [-0.3, -0.25) is 14.8 Å². The second-order valence-electron chi connectivity index (χ2n) is 7.87. The van der Waals surface area contributed by atoms with Crippen LogP contribution < -0.4 is 5.32 Å². The minimum Gasteiger partial charge on any atom is -0.374 e. The molecule has 0 bridgehead atoms. The maximum atomic E-state index is 13.1. The van der Waals surface area contributed by atoms with Crippen molar-refractivity contribution in [2.24, 2.45) is 0 Å². The van der Waals surface area contributed by atoms with E-state index in [-0.39, 0.29) is 18.6 Å². The van der Waals surface area contributed by atoms with Crippen molar-refractivity contribution in [2.45, 2.75) is 33.4 Å². The van der Waals surface area contributed by atoms with Crippen molar-refractivity contribution in [1.82, 2.24) is 30.0 Å². The predicted octanol–water partition coefficient (Wildman–Crippen LogP) is 3.98. The molecule has 8 heteroatoms. The number of aryl methyl sites for hydroxylation is 2. The fourth-order valence-corrected chi connectivity index (χ4v) is 3.39. The third kappa shape index (κ3) is 5.12. The first-order chi connectivity index (χ1) is 15.9. The normalized spacial score (nSPS) is 11.9. The summed E-state index contributed by atoms with van der Waals surface area (Å²) >= 11 is 0. The highest BCUT2D eigenvalue weighted by molar-refractivity contribution is 5.96. The number of nitrogens with zero attached hydrogens (tertiary/aromatic N) is 5. The summed E-state index contributed by atoms with van der Waals surface area (Å²) in [6.07, 6.45) is 4.57. The van der Waals surface area contributed by atoms with Gasteiger partial charge < -0.3 is 10.1 Å². The molecular weight excluding hydrogens is 416 g/mol. The molecule has 2 aromatic heterocycles. The number of benzene rings is 2. The lowest BCUT2D eigenvalue weighted by atomic mass is 10.0. The number of hydrogen-bond donors (Lipinski definition) is 1. The molecule has 0 aliphatic heterocycles. The van der Waals surface area contributed by atoms with E-state index in [4.69, 9.17) is 4.74 Å². The van der Waals surface area contributed by atoms with E-state index < -0.39 is 0 Å². The van der Waals surface area contributed by atoms with Crippen LogP contribution in [0.25, 0.3) is 16.8 Å². The highest BCUT2D eigenvalue weighted by Crippen LogP contribution is 2.26. The lowest BCUT2D eigenvalue weighted by Gasteiger charge is -2.14. The quantitative estimate of drug-likeness (QED) is 0.465. The predicted molar refractivity (Wildman–Crippen MR) is 125 cm³/mol. The van der Waals surface area contributed by atoms with Crippen LogP contribution >= 0.6 is 0 Å². The molecule has 1 amide bonds. The number of nitrogens with one attached hydrogen (secondary N) is 1. The fourth-order valence-electron chi connectivity index (χ4n) is 3.39. The summed E-state index contributed by atoms with van der Waals surface area (Å²) in [5, 5.41) is 7.31. The molecule has 0 aliphatic carbocycles. The number of amides is 1. The molecule has 0 aliphatic rings. The van der Waals surface area contributed by atoms with Gasteiger partial charge in [-0.15, -0.1) is 0 Å². The summed E-state index contributed by atoms with van der Waals surface area (Å²) in [4.78, 5) is 26.0. The third-order valence-corrected chi connectivity index (χ3v) is 5.37. The van der Waals surface area contributed by atoms with Crippen LogP contribution in [0.5, 0.6) is 0 Å². The van der Waals surface area contributed by atoms with E-state index in [0.717, 1.165) is 22.5 Å². The van der Waals surface area contributed by atoms with Crippen LogP contribution in [0.15, 0.2) is 61.2 Å². The van der Waals surface area contributed by atoms with Gasteiger partial charge in [0.1, 0.15) is 12.4 Å². The highest BCUT2D eigenvalue weighted by atomic mass is 16.5. The van der Waals surface area contributed by atoms with Crippen LogP contribution in [-0.4, -0.2) is 37.7 Å². The van der Waals surface area contributed by atoms with Gasteiger partial charge in [0.25, 0.3) is 5.91 Å². The lowest BCUT2D eigenvalue weighted by Crippen LogP contribution is -2.23. The second-order valence-corrected chi connectivity index (χ2v) is 7.87. The van der Waals surface area contributed by atoms with Crippen molar-refractivity contribution < 1.29 is 9.53 Å². The van der Waals surface area contributed by atoms with Crippen LogP contribution in [0.2, 0.25) is 0 Å². The van der Waals surface area contributed by atoms with E-state index in [0.29, 0.717) is 17.1 Å². The van der Waals surface area contributed by atoms with Gasteiger partial charge in [-0.1, -0.05) is 29.8 Å². The smallest absolute Gasteiger partial charge is 0.251 e. The number of carbonyl (C=O) groups is 1. The zero-order valence-corrected chi connectivity index (χ0v) is 19.1. The molecular formula is C25H26N6O2. The first-order valence-electron chi connectivity index (χ1n) is 10.7. The molecule has 0 saturated carbocycles. The molecule has 1 atom stereocenters. The Labute approximate surface area is 192 Å². The van der Waals surface area contributed by atoms with E-state index in [9.17, 15) is 4.79 Å². The molecule has 168 valence electrons. The number of hydrogen-bond acceptors (Lipinski definition) is 6. The van der Waals surface area contributed by atoms with Crippen LogP contribution in [0.3, 0.4) is 0 Å². The zero-order chi connectivity index (χ0) is 23.4. The summed E-state index contributed by atoms with van der Waals surface area (Å²) in [5.41, 5.74) is 5.83. The minimum atomic E-state index is -0.257. The van der Waals surface area contributed by atoms with Gasteiger partial charge >= 0.3 is 0 Å². The summed E-state index contributed by atoms with van der Waals surface area (Å²) in [5.74, 6) is 0.439. The van der Waals surface area contributed by atoms with Crippen LogP contribution in [-0.2, 0) is 11.3 Å². The molecule has 33 heavy (non-hydrogen) atoms. The largest absolute Gasteiger partial charge is 0.374 e. The van der Waals surface area contributed by atoms with Crippen molar-refractivity contribution in [1.29, 1.82) is 0 Å². The Bertz CT molecular complexity index is 1250. The van der Waals surface area contributed by atoms with Gasteiger partial charge in [0.2, 0.25) is 0 Å². The Morgan fingerprint density at radius 2 is 1.82 bits per heavy atom. The Morgan fingerprint density at radius 3 is 2.52 bits per heavy atom. The van der Waals surface area contributed by atoms with E-state index in [1.54, 1.807) is 30.3 Å². The van der Waals surface area contributed by atoms with Crippen molar-refractivity contribution >= 4 is 5.91 Å². The molecule has 0 saturated heterocycles. The zero-order valence-electron chi connectivity index (χ0n) is 19.1. The van der Waals surface area contributed by atoms with E-state index in [2.05, 4.69) is 25.4 Å². The Kier molecular flexibility index (Phi) is 6.55. The molecule has 0 spiro atoms. The first-order valence-corrected chi connectivity index (χ1v) is 10.7. The molecule has 1 unspecified atom stereocenters. The summed E-state index contributed by atoms with van der Waals surface area (Å²) < 4.78 is 7.15. The standard InChI is InChI=1S/C25H26N6O2/c1-16-5-7-19(8-6-16)20-9-21(25(32)28-14-22-13-26-17(2)12-27-22)11-23(10-20)31-24(18(3)33-4)29-15-30-31/h5-13,15,18H,14H2,1-4H3,(H,28,32). The number of ether oxygens (including phenoxy) is 1. The van der Waals surface area contributed by atoms with Crippen LogP contribution in [0, 0.1) is 13.8 Å². The summed E-state index contributed by atoms with van der Waals surface area (Å²) in [7, 11) is 1.62. The molecule has 2 heterocycles. The molecule has 0 radical (unpaired) electrons. The Morgan fingerprint density at radius 1 is 1.03 bits per heavy atom. The summed E-state index contributed by atoms with van der Waals surface area (Å²) in [6.45, 7) is 6.10. The van der Waals surface area contributed by atoms with Gasteiger partial charge in [0.15, 0.2) is 5.82 Å². The molecule has 2 aromatic carbocycles. The molecule has 8 nitrogen and oxygen atoms in total.